The van der Waals surface area contributed by atoms with Crippen molar-refractivity contribution in [2.24, 2.45) is 10.8 Å². The Balaban J connectivity index is 5.40. The van der Waals surface area contributed by atoms with Crippen LogP contribution in [0.5, 0.6) is 0 Å². The molecule has 0 aromatic carbocycles. The van der Waals surface area contributed by atoms with E-state index in [2.05, 4.69) is 95.6 Å². The molecule has 0 rings (SSSR count). The summed E-state index contributed by atoms with van der Waals surface area (Å²) in [5.41, 5.74) is -1.05. The molecule has 0 bridgehead atoms. The van der Waals surface area contributed by atoms with Crippen LogP contribution in [-0.2, 0) is 9.63 Å². The van der Waals surface area contributed by atoms with Gasteiger partial charge in [-0.25, -0.2) is 4.21 Å². The molecule has 0 heterocycles. The van der Waals surface area contributed by atoms with Gasteiger partial charge in [0.05, 0.1) is 21.1 Å². The van der Waals surface area contributed by atoms with E-state index in [9.17, 15) is 13.3 Å². The van der Waals surface area contributed by atoms with Gasteiger partial charge in [0.2, 0.25) is 0 Å². The van der Waals surface area contributed by atoms with E-state index in [4.69, 9.17) is 0 Å². The molecule has 0 aromatic heterocycles. The zero-order chi connectivity index (χ0) is 16.1. The second kappa shape index (κ2) is 8.87. The molecule has 0 fully saturated rings. The van der Waals surface area contributed by atoms with Crippen molar-refractivity contribution < 1.29 is 13.3 Å². The Labute approximate surface area is 171 Å². The topological polar surface area (TPSA) is 57.5 Å². The average molecular weight is 698 g/mol. The van der Waals surface area contributed by atoms with Gasteiger partial charge in [-0.05, 0) is 0 Å². The van der Waals surface area contributed by atoms with Crippen molar-refractivity contribution in [1.29, 1.82) is 0 Å². The Kier molecular flexibility index (Phi) is 10.2. The molecule has 3 nitrogen and oxygen atoms in total. The van der Waals surface area contributed by atoms with Crippen molar-refractivity contribution >= 4 is 105 Å². The maximum atomic E-state index is 12.8. The molecule has 0 aromatic rings. The van der Waals surface area contributed by atoms with Crippen LogP contribution in [-0.4, -0.2) is 56.8 Å². The highest BCUT2D eigenvalue weighted by Crippen LogP contribution is 2.39. The lowest BCUT2D eigenvalue weighted by Gasteiger charge is -2.44. The molecular weight excluding hydrogens is 680 g/mol. The molecule has 10 heteroatoms. The van der Waals surface area contributed by atoms with Crippen LogP contribution < -0.4 is 0 Å². The zero-order valence-electron chi connectivity index (χ0n) is 10.6. The summed E-state index contributed by atoms with van der Waals surface area (Å²) in [6, 6.07) is 0. The monoisotopic (exact) mass is 692 g/mol. The molecule has 124 valence electrons. The third kappa shape index (κ3) is 6.83. The van der Waals surface area contributed by atoms with Crippen molar-refractivity contribution in [3.63, 3.8) is 0 Å². The smallest absolute Gasteiger partial charge is 0.0838 e. The minimum atomic E-state index is -4.74. The summed E-state index contributed by atoms with van der Waals surface area (Å²) in [4.78, 5) is 0. The van der Waals surface area contributed by atoms with Gasteiger partial charge in [-0.1, -0.05) is 95.6 Å². The zero-order valence-corrected chi connectivity index (χ0v) is 21.0. The Morgan fingerprint density at radius 2 is 0.850 bits per heavy atom. The van der Waals surface area contributed by atoms with Gasteiger partial charge in [-0.2, -0.15) is 0 Å². The lowest BCUT2D eigenvalue weighted by atomic mass is 10.00. The summed E-state index contributed by atoms with van der Waals surface area (Å²) in [5.74, 6) is -0.360. The van der Waals surface area contributed by atoms with Crippen LogP contribution in [0.4, 0.5) is 0 Å². The van der Waals surface area contributed by atoms with Crippen molar-refractivity contribution in [2.45, 2.75) is 0 Å². The summed E-state index contributed by atoms with van der Waals surface area (Å²) in [7, 11) is -4.74. The minimum absolute atomic E-state index is 0.180. The lowest BCUT2D eigenvalue weighted by molar-refractivity contribution is 0.343. The predicted molar refractivity (Wildman–Crippen MR) is 111 cm³/mol. The lowest BCUT2D eigenvalue weighted by Crippen LogP contribution is -2.54. The van der Waals surface area contributed by atoms with Crippen molar-refractivity contribution in [2.75, 3.05) is 43.5 Å². The SMILES string of the molecule is O=S(O)(O)(CC(CBr)(CBr)CBr)CC(CBr)(CBr)CBr. The van der Waals surface area contributed by atoms with Crippen LogP contribution in [0.25, 0.3) is 0 Å². The molecule has 0 unspecified atom stereocenters. The van der Waals surface area contributed by atoms with Crippen LogP contribution in [0, 0.1) is 10.8 Å². The van der Waals surface area contributed by atoms with Crippen LogP contribution in [0.15, 0.2) is 0 Å². The molecule has 0 aliphatic heterocycles. The fourth-order valence-corrected chi connectivity index (χ4v) is 13.2. The normalized spacial score (nSPS) is 15.9. The second-order valence-electron chi connectivity index (χ2n) is 5.28. The first kappa shape index (κ1) is 22.9. The highest BCUT2D eigenvalue weighted by molar-refractivity contribution is 9.10. The van der Waals surface area contributed by atoms with Gasteiger partial charge in [0, 0.05) is 42.8 Å². The molecule has 0 saturated carbocycles. The number of alkyl halides is 6. The van der Waals surface area contributed by atoms with E-state index in [-0.39, 0.29) is 11.5 Å². The molecule has 20 heavy (non-hydrogen) atoms. The summed E-state index contributed by atoms with van der Waals surface area (Å²) in [5, 5.41) is 3.06. The van der Waals surface area contributed by atoms with Gasteiger partial charge in [0.25, 0.3) is 0 Å². The van der Waals surface area contributed by atoms with Crippen LogP contribution in [0.3, 0.4) is 0 Å². The molecule has 0 amide bonds. The summed E-state index contributed by atoms with van der Waals surface area (Å²) in [6.45, 7) is 0. The summed E-state index contributed by atoms with van der Waals surface area (Å²) >= 11 is 20.2. The van der Waals surface area contributed by atoms with Crippen LogP contribution in [0.1, 0.15) is 0 Å². The maximum absolute atomic E-state index is 12.8. The maximum Gasteiger partial charge on any atom is 0.0838 e. The van der Waals surface area contributed by atoms with E-state index < -0.39 is 20.5 Å². The first-order chi connectivity index (χ1) is 9.05. The molecule has 0 aliphatic rings. The summed E-state index contributed by atoms with van der Waals surface area (Å²) in [6.07, 6.45) is 0. The van der Waals surface area contributed by atoms with Crippen molar-refractivity contribution in [3.05, 3.63) is 0 Å². The Hall–Kier alpha value is 2.95. The van der Waals surface area contributed by atoms with Gasteiger partial charge in [0.15, 0.2) is 0 Å². The minimum Gasteiger partial charge on any atom is -0.308 e. The number of hydrogen-bond donors (Lipinski definition) is 2. The molecular formula is C10H18Br6O3S. The van der Waals surface area contributed by atoms with Crippen molar-refractivity contribution in [1.82, 2.24) is 0 Å². The van der Waals surface area contributed by atoms with E-state index in [0.29, 0.717) is 32.0 Å². The Morgan fingerprint density at radius 3 is 1.00 bits per heavy atom. The average Bonchev–Trinajstić information content (AvgIpc) is 2.42. The molecule has 0 saturated heterocycles. The second-order valence-corrected chi connectivity index (χ2v) is 11.6. The Morgan fingerprint density at radius 1 is 0.650 bits per heavy atom. The molecule has 2 N–H and O–H groups in total. The largest absolute Gasteiger partial charge is 0.308 e. The van der Waals surface area contributed by atoms with E-state index in [1.807, 2.05) is 0 Å². The van der Waals surface area contributed by atoms with E-state index in [1.165, 1.54) is 0 Å². The highest BCUT2D eigenvalue weighted by Gasteiger charge is 2.46. The molecule has 0 radical (unpaired) electrons. The first-order valence-corrected chi connectivity index (χ1v) is 14.5. The fourth-order valence-electron chi connectivity index (χ4n) is 1.73. The Bertz CT molecular complexity index is 319. The highest BCUT2D eigenvalue weighted by atomic mass is 79.9. The van der Waals surface area contributed by atoms with Crippen LogP contribution in [0.2, 0.25) is 0 Å². The first-order valence-electron chi connectivity index (χ1n) is 5.54. The van der Waals surface area contributed by atoms with Gasteiger partial charge in [-0.15, -0.1) is 0 Å². The van der Waals surface area contributed by atoms with Crippen LogP contribution >= 0.6 is 95.6 Å². The van der Waals surface area contributed by atoms with E-state index in [1.54, 1.807) is 0 Å². The number of hydrogen-bond acceptors (Lipinski definition) is 1. The van der Waals surface area contributed by atoms with Gasteiger partial charge in [0.1, 0.15) is 0 Å². The molecule has 0 atom stereocenters. The fraction of sp³-hybridized carbons (Fsp3) is 1.00. The quantitative estimate of drug-likeness (QED) is 0.313. The third-order valence-electron chi connectivity index (χ3n) is 2.89. The predicted octanol–water partition coefficient (Wildman–Crippen LogP) is 5.09. The van der Waals surface area contributed by atoms with E-state index >= 15 is 0 Å². The molecule has 0 spiro atoms. The van der Waals surface area contributed by atoms with Gasteiger partial charge < -0.3 is 9.11 Å². The van der Waals surface area contributed by atoms with Gasteiger partial charge in [-0.3, -0.25) is 0 Å². The summed E-state index contributed by atoms with van der Waals surface area (Å²) < 4.78 is 33.6. The van der Waals surface area contributed by atoms with E-state index in [0.717, 1.165) is 0 Å². The number of halogens is 6. The molecule has 0 aliphatic carbocycles. The number of rotatable bonds is 10. The standard InChI is InChI=1S/C10H18Br6O3S/c11-1-9(2-12,3-13)7-20(17,18,19)8-10(4-14,5-15)6-16/h1-8H2,(H2,17,18,19). The third-order valence-corrected chi connectivity index (χ3v) is 12.4. The van der Waals surface area contributed by atoms with Gasteiger partial charge >= 0.3 is 0 Å². The van der Waals surface area contributed by atoms with Crippen molar-refractivity contribution in [3.8, 4) is 0 Å².